The monoisotopic (exact) mass is 268 g/mol. The molecule has 102 valence electrons. The van der Waals surface area contributed by atoms with Gasteiger partial charge in [-0.05, 0) is 38.4 Å². The number of methoxy groups -OCH3 is 1. The number of hydrogen-bond acceptors (Lipinski definition) is 4. The highest BCUT2D eigenvalue weighted by Crippen LogP contribution is 2.33. The molecule has 0 aromatic carbocycles. The number of rotatable bonds is 4. The van der Waals surface area contributed by atoms with Gasteiger partial charge in [0, 0.05) is 29.5 Å². The topological polar surface area (TPSA) is 38.5 Å². The molecule has 2 unspecified atom stereocenters. The Hall–Kier alpha value is -0.420. The molecule has 0 bridgehead atoms. The summed E-state index contributed by atoms with van der Waals surface area (Å²) in [5.74, 6) is 0. The van der Waals surface area contributed by atoms with Crippen molar-refractivity contribution in [2.24, 2.45) is 5.73 Å². The molecule has 0 radical (unpaired) electrons. The van der Waals surface area contributed by atoms with Crippen molar-refractivity contribution in [1.82, 2.24) is 4.90 Å². The van der Waals surface area contributed by atoms with Gasteiger partial charge in [0.25, 0.3) is 0 Å². The van der Waals surface area contributed by atoms with Gasteiger partial charge in [-0.15, -0.1) is 11.3 Å². The summed E-state index contributed by atoms with van der Waals surface area (Å²) in [7, 11) is 1.77. The molecule has 3 nitrogen and oxygen atoms in total. The van der Waals surface area contributed by atoms with Gasteiger partial charge in [-0.25, -0.2) is 0 Å². The summed E-state index contributed by atoms with van der Waals surface area (Å²) in [6, 6.07) is 5.07. The lowest BCUT2D eigenvalue weighted by molar-refractivity contribution is 0.116. The summed E-state index contributed by atoms with van der Waals surface area (Å²) in [6.45, 7) is 5.06. The molecule has 1 saturated heterocycles. The summed E-state index contributed by atoms with van der Waals surface area (Å²) < 4.78 is 5.23. The maximum Gasteiger partial charge on any atom is 0.0594 e. The standard InChI is InChI=1S/C14H24N2OS/c1-11-6-7-13(18-11)14-12(15)5-3-4-8-16(14)9-10-17-2/h6-7,12,14H,3-5,8-10,15H2,1-2H3. The molecule has 1 aliphatic heterocycles. The first-order valence-corrected chi connectivity index (χ1v) is 7.59. The SMILES string of the molecule is COCCN1CCCCC(N)C1c1ccc(C)s1. The Morgan fingerprint density at radius 1 is 1.44 bits per heavy atom. The zero-order valence-electron chi connectivity index (χ0n) is 11.4. The highest BCUT2D eigenvalue weighted by molar-refractivity contribution is 7.12. The van der Waals surface area contributed by atoms with Gasteiger partial charge in [-0.2, -0.15) is 0 Å². The van der Waals surface area contributed by atoms with Crippen molar-refractivity contribution < 1.29 is 4.74 Å². The van der Waals surface area contributed by atoms with Crippen molar-refractivity contribution in [3.63, 3.8) is 0 Å². The number of nitrogens with zero attached hydrogens (tertiary/aromatic N) is 1. The predicted octanol–water partition coefficient (Wildman–Crippen LogP) is 2.56. The average Bonchev–Trinajstić information content (AvgIpc) is 2.68. The van der Waals surface area contributed by atoms with Gasteiger partial charge < -0.3 is 10.5 Å². The lowest BCUT2D eigenvalue weighted by Gasteiger charge is -2.32. The molecule has 1 aromatic heterocycles. The van der Waals surface area contributed by atoms with Crippen LogP contribution in [-0.2, 0) is 4.74 Å². The quantitative estimate of drug-likeness (QED) is 0.912. The van der Waals surface area contributed by atoms with E-state index in [1.807, 2.05) is 11.3 Å². The Morgan fingerprint density at radius 3 is 2.94 bits per heavy atom. The Kier molecular flexibility index (Phi) is 5.18. The number of thiophene rings is 1. The van der Waals surface area contributed by atoms with E-state index in [1.54, 1.807) is 7.11 Å². The number of likely N-dealkylation sites (tertiary alicyclic amines) is 1. The van der Waals surface area contributed by atoms with Crippen LogP contribution >= 0.6 is 11.3 Å². The molecule has 1 fully saturated rings. The Morgan fingerprint density at radius 2 is 2.28 bits per heavy atom. The highest BCUT2D eigenvalue weighted by atomic mass is 32.1. The van der Waals surface area contributed by atoms with E-state index in [0.717, 1.165) is 26.1 Å². The molecule has 1 aromatic rings. The molecule has 18 heavy (non-hydrogen) atoms. The third-order valence-corrected chi connectivity index (χ3v) is 4.74. The molecule has 0 aliphatic carbocycles. The fraction of sp³-hybridized carbons (Fsp3) is 0.714. The molecular weight excluding hydrogens is 244 g/mol. The molecule has 4 heteroatoms. The first-order chi connectivity index (χ1) is 8.72. The van der Waals surface area contributed by atoms with Crippen LogP contribution in [0.2, 0.25) is 0 Å². The zero-order chi connectivity index (χ0) is 13.0. The smallest absolute Gasteiger partial charge is 0.0594 e. The van der Waals surface area contributed by atoms with Gasteiger partial charge >= 0.3 is 0 Å². The molecule has 1 aliphatic rings. The summed E-state index contributed by atoms with van der Waals surface area (Å²) in [6.07, 6.45) is 3.62. The molecule has 2 rings (SSSR count). The molecule has 0 saturated carbocycles. The van der Waals surface area contributed by atoms with E-state index in [2.05, 4.69) is 24.0 Å². The van der Waals surface area contributed by atoms with E-state index >= 15 is 0 Å². The maximum absolute atomic E-state index is 6.41. The highest BCUT2D eigenvalue weighted by Gasteiger charge is 2.29. The van der Waals surface area contributed by atoms with Gasteiger partial charge in [0.2, 0.25) is 0 Å². The molecule has 0 spiro atoms. The molecular formula is C14H24N2OS. The van der Waals surface area contributed by atoms with E-state index in [-0.39, 0.29) is 6.04 Å². The van der Waals surface area contributed by atoms with Gasteiger partial charge in [-0.3, -0.25) is 4.90 Å². The third-order valence-electron chi connectivity index (χ3n) is 3.67. The molecule has 0 amide bonds. The van der Waals surface area contributed by atoms with Crippen LogP contribution in [0.15, 0.2) is 12.1 Å². The fourth-order valence-electron chi connectivity index (χ4n) is 2.73. The fourth-order valence-corrected chi connectivity index (χ4v) is 3.81. The van der Waals surface area contributed by atoms with Crippen molar-refractivity contribution in [3.8, 4) is 0 Å². The molecule has 2 heterocycles. The van der Waals surface area contributed by atoms with Crippen molar-refractivity contribution in [2.75, 3.05) is 26.8 Å². The van der Waals surface area contributed by atoms with E-state index in [0.29, 0.717) is 6.04 Å². The summed E-state index contributed by atoms with van der Waals surface area (Å²) in [4.78, 5) is 5.29. The Labute approximate surface area is 114 Å². The largest absolute Gasteiger partial charge is 0.383 e. The lowest BCUT2D eigenvalue weighted by Crippen LogP contribution is -2.40. The zero-order valence-corrected chi connectivity index (χ0v) is 12.2. The second-order valence-corrected chi connectivity index (χ2v) is 6.40. The van der Waals surface area contributed by atoms with Crippen LogP contribution < -0.4 is 5.73 Å². The van der Waals surface area contributed by atoms with Crippen LogP contribution in [0.3, 0.4) is 0 Å². The van der Waals surface area contributed by atoms with Crippen molar-refractivity contribution in [3.05, 3.63) is 21.9 Å². The molecule has 2 N–H and O–H groups in total. The molecule has 2 atom stereocenters. The number of aryl methyl sites for hydroxylation is 1. The number of hydrogen-bond donors (Lipinski definition) is 1. The minimum atomic E-state index is 0.252. The second-order valence-electron chi connectivity index (χ2n) is 5.08. The maximum atomic E-state index is 6.41. The van der Waals surface area contributed by atoms with E-state index in [9.17, 15) is 0 Å². The van der Waals surface area contributed by atoms with Crippen LogP contribution in [0.5, 0.6) is 0 Å². The Bertz CT molecular complexity index is 366. The van der Waals surface area contributed by atoms with Crippen LogP contribution in [0.25, 0.3) is 0 Å². The van der Waals surface area contributed by atoms with Crippen LogP contribution in [0, 0.1) is 6.92 Å². The van der Waals surface area contributed by atoms with Crippen LogP contribution in [0.1, 0.15) is 35.1 Å². The van der Waals surface area contributed by atoms with Gasteiger partial charge in [0.05, 0.1) is 12.6 Å². The first-order valence-electron chi connectivity index (χ1n) is 6.77. The number of ether oxygens (including phenoxy) is 1. The van der Waals surface area contributed by atoms with Crippen molar-refractivity contribution in [2.45, 2.75) is 38.3 Å². The van der Waals surface area contributed by atoms with Gasteiger partial charge in [0.1, 0.15) is 0 Å². The van der Waals surface area contributed by atoms with Crippen molar-refractivity contribution in [1.29, 1.82) is 0 Å². The number of nitrogens with two attached hydrogens (primary N) is 1. The summed E-state index contributed by atoms with van der Waals surface area (Å²) in [5.41, 5.74) is 6.41. The normalized spacial score (nSPS) is 26.2. The van der Waals surface area contributed by atoms with Crippen LogP contribution in [0.4, 0.5) is 0 Å². The summed E-state index contributed by atoms with van der Waals surface area (Å²) in [5, 5.41) is 0. The predicted molar refractivity (Wildman–Crippen MR) is 77.1 cm³/mol. The minimum Gasteiger partial charge on any atom is -0.383 e. The minimum absolute atomic E-state index is 0.252. The van der Waals surface area contributed by atoms with Crippen molar-refractivity contribution >= 4 is 11.3 Å². The van der Waals surface area contributed by atoms with Crippen LogP contribution in [-0.4, -0.2) is 37.7 Å². The first kappa shape index (κ1) is 14.0. The average molecular weight is 268 g/mol. The van der Waals surface area contributed by atoms with E-state index < -0.39 is 0 Å². The van der Waals surface area contributed by atoms with Gasteiger partial charge in [-0.1, -0.05) is 6.42 Å². The van der Waals surface area contributed by atoms with E-state index in [4.69, 9.17) is 10.5 Å². The van der Waals surface area contributed by atoms with E-state index in [1.165, 1.54) is 22.6 Å². The Balaban J connectivity index is 2.17. The second kappa shape index (κ2) is 6.66. The summed E-state index contributed by atoms with van der Waals surface area (Å²) >= 11 is 1.88. The third kappa shape index (κ3) is 3.32. The lowest BCUT2D eigenvalue weighted by atomic mass is 10.0. The van der Waals surface area contributed by atoms with Gasteiger partial charge in [0.15, 0.2) is 0 Å².